The predicted octanol–water partition coefficient (Wildman–Crippen LogP) is 2.85. The molecule has 0 aromatic heterocycles. The van der Waals surface area contributed by atoms with E-state index in [4.69, 9.17) is 0 Å². The molecule has 1 aromatic carbocycles. The van der Waals surface area contributed by atoms with Crippen LogP contribution < -0.4 is 10.6 Å². The minimum atomic E-state index is -0.199. The lowest BCUT2D eigenvalue weighted by atomic mass is 9.94. The van der Waals surface area contributed by atoms with Gasteiger partial charge in [0.15, 0.2) is 5.96 Å². The highest BCUT2D eigenvalue weighted by Gasteiger charge is 2.39. The molecule has 2 N–H and O–H groups in total. The molecule has 0 amide bonds. The van der Waals surface area contributed by atoms with Gasteiger partial charge < -0.3 is 10.6 Å². The third-order valence-electron chi connectivity index (χ3n) is 5.37. The van der Waals surface area contributed by atoms with E-state index in [1.54, 1.807) is 19.2 Å². The van der Waals surface area contributed by atoms with Crippen LogP contribution in [0.15, 0.2) is 29.3 Å². The Labute approximate surface area is 154 Å². The van der Waals surface area contributed by atoms with Crippen LogP contribution in [0.5, 0.6) is 0 Å². The first kappa shape index (κ1) is 18.5. The molecule has 0 spiro atoms. The number of guanidine groups is 1. The van der Waals surface area contributed by atoms with E-state index in [2.05, 4.69) is 32.3 Å². The minimum absolute atomic E-state index is 0.199. The number of nitrogens with zero attached hydrogens (tertiary/aromatic N) is 2. The van der Waals surface area contributed by atoms with Crippen LogP contribution in [0.2, 0.25) is 0 Å². The fourth-order valence-corrected chi connectivity index (χ4v) is 4.88. The van der Waals surface area contributed by atoms with Gasteiger partial charge in [-0.1, -0.05) is 25.0 Å². The average molecular weight is 365 g/mol. The summed E-state index contributed by atoms with van der Waals surface area (Å²) in [6.07, 6.45) is 5.18. The highest BCUT2D eigenvalue weighted by atomic mass is 32.2. The van der Waals surface area contributed by atoms with Gasteiger partial charge in [-0.05, 0) is 30.5 Å². The summed E-state index contributed by atoms with van der Waals surface area (Å²) in [6.45, 7) is 3.90. The SMILES string of the molecule is CN=C(NCc1cccc(F)c1)NCC1(N2CCSCC2)CCCC1. The molecular formula is C19H29FN4S. The number of aliphatic imine (C=N–C) groups is 1. The number of nitrogens with one attached hydrogen (secondary N) is 2. The molecule has 1 aliphatic heterocycles. The van der Waals surface area contributed by atoms with Gasteiger partial charge in [-0.25, -0.2) is 4.39 Å². The quantitative estimate of drug-likeness (QED) is 0.623. The maximum absolute atomic E-state index is 13.3. The van der Waals surface area contributed by atoms with Gasteiger partial charge in [0.1, 0.15) is 5.82 Å². The fourth-order valence-electron chi connectivity index (χ4n) is 3.98. The third kappa shape index (κ3) is 4.88. The molecule has 3 rings (SSSR count). The number of rotatable bonds is 5. The Morgan fingerprint density at radius 1 is 1.24 bits per heavy atom. The van der Waals surface area contributed by atoms with E-state index in [1.807, 2.05) is 6.07 Å². The summed E-state index contributed by atoms with van der Waals surface area (Å²) >= 11 is 2.06. The Hall–Kier alpha value is -1.27. The normalized spacial score (nSPS) is 21.3. The van der Waals surface area contributed by atoms with Crippen molar-refractivity contribution in [3.05, 3.63) is 35.6 Å². The van der Waals surface area contributed by atoms with Crippen molar-refractivity contribution in [1.29, 1.82) is 0 Å². The second kappa shape index (κ2) is 8.90. The van der Waals surface area contributed by atoms with Crippen molar-refractivity contribution in [2.24, 2.45) is 4.99 Å². The molecule has 2 aliphatic rings. The van der Waals surface area contributed by atoms with E-state index in [0.717, 1.165) is 18.1 Å². The van der Waals surface area contributed by atoms with Crippen LogP contribution in [0.3, 0.4) is 0 Å². The van der Waals surface area contributed by atoms with Gasteiger partial charge in [0.05, 0.1) is 0 Å². The molecule has 0 atom stereocenters. The van der Waals surface area contributed by atoms with Gasteiger partial charge in [0.2, 0.25) is 0 Å². The highest BCUT2D eigenvalue weighted by Crippen LogP contribution is 2.36. The molecule has 0 unspecified atom stereocenters. The van der Waals surface area contributed by atoms with Gasteiger partial charge in [0, 0.05) is 50.3 Å². The summed E-state index contributed by atoms with van der Waals surface area (Å²) in [4.78, 5) is 7.04. The Kier molecular flexibility index (Phi) is 6.59. The first-order valence-electron chi connectivity index (χ1n) is 9.24. The van der Waals surface area contributed by atoms with E-state index in [0.29, 0.717) is 6.54 Å². The fraction of sp³-hybridized carbons (Fsp3) is 0.632. The number of thioether (sulfide) groups is 1. The third-order valence-corrected chi connectivity index (χ3v) is 6.32. The van der Waals surface area contributed by atoms with Crippen molar-refractivity contribution in [2.45, 2.75) is 37.8 Å². The van der Waals surface area contributed by atoms with Crippen LogP contribution in [-0.4, -0.2) is 54.6 Å². The number of hydrogen-bond donors (Lipinski definition) is 2. The van der Waals surface area contributed by atoms with Crippen LogP contribution in [0.1, 0.15) is 31.2 Å². The number of hydrogen-bond acceptors (Lipinski definition) is 3. The van der Waals surface area contributed by atoms with Crippen molar-refractivity contribution >= 4 is 17.7 Å². The molecule has 1 heterocycles. The van der Waals surface area contributed by atoms with E-state index in [-0.39, 0.29) is 11.4 Å². The second-order valence-corrected chi connectivity index (χ2v) is 8.16. The largest absolute Gasteiger partial charge is 0.355 e. The van der Waals surface area contributed by atoms with E-state index in [9.17, 15) is 4.39 Å². The molecule has 0 radical (unpaired) electrons. The van der Waals surface area contributed by atoms with E-state index < -0.39 is 0 Å². The van der Waals surface area contributed by atoms with Crippen molar-refractivity contribution in [3.8, 4) is 0 Å². The van der Waals surface area contributed by atoms with Gasteiger partial charge in [-0.2, -0.15) is 11.8 Å². The lowest BCUT2D eigenvalue weighted by molar-refractivity contribution is 0.107. The Bertz CT molecular complexity index is 581. The summed E-state index contributed by atoms with van der Waals surface area (Å²) in [7, 11) is 1.79. The molecule has 1 aliphatic carbocycles. The van der Waals surface area contributed by atoms with Gasteiger partial charge >= 0.3 is 0 Å². The second-order valence-electron chi connectivity index (χ2n) is 6.94. The van der Waals surface area contributed by atoms with Crippen molar-refractivity contribution < 1.29 is 4.39 Å². The van der Waals surface area contributed by atoms with Gasteiger partial charge in [-0.15, -0.1) is 0 Å². The smallest absolute Gasteiger partial charge is 0.191 e. The van der Waals surface area contributed by atoms with Crippen LogP contribution >= 0.6 is 11.8 Å². The minimum Gasteiger partial charge on any atom is -0.355 e. The zero-order chi connectivity index (χ0) is 17.5. The maximum Gasteiger partial charge on any atom is 0.191 e. The van der Waals surface area contributed by atoms with Crippen molar-refractivity contribution in [1.82, 2.24) is 15.5 Å². The molecule has 1 saturated carbocycles. The molecule has 138 valence electrons. The van der Waals surface area contributed by atoms with Crippen LogP contribution in [0.4, 0.5) is 4.39 Å². The zero-order valence-electron chi connectivity index (χ0n) is 15.1. The van der Waals surface area contributed by atoms with Crippen LogP contribution in [0, 0.1) is 5.82 Å². The summed E-state index contributed by atoms with van der Waals surface area (Å²) in [5, 5.41) is 6.84. The first-order valence-corrected chi connectivity index (χ1v) is 10.4. The zero-order valence-corrected chi connectivity index (χ0v) is 15.9. The molecule has 4 nitrogen and oxygen atoms in total. The van der Waals surface area contributed by atoms with Gasteiger partial charge in [-0.3, -0.25) is 9.89 Å². The Morgan fingerprint density at radius 2 is 2.00 bits per heavy atom. The molecule has 2 fully saturated rings. The number of halogens is 1. The summed E-state index contributed by atoms with van der Waals surface area (Å²) in [5.41, 5.74) is 1.20. The maximum atomic E-state index is 13.3. The Morgan fingerprint density at radius 3 is 2.68 bits per heavy atom. The molecule has 25 heavy (non-hydrogen) atoms. The van der Waals surface area contributed by atoms with Gasteiger partial charge in [0.25, 0.3) is 0 Å². The molecule has 1 aromatic rings. The monoisotopic (exact) mass is 364 g/mol. The van der Waals surface area contributed by atoms with Crippen molar-refractivity contribution in [3.63, 3.8) is 0 Å². The highest BCUT2D eigenvalue weighted by molar-refractivity contribution is 7.99. The molecular weight excluding hydrogens is 335 g/mol. The van der Waals surface area contributed by atoms with Crippen molar-refractivity contribution in [2.75, 3.05) is 38.2 Å². The summed E-state index contributed by atoms with van der Waals surface area (Å²) in [5.74, 6) is 3.08. The van der Waals surface area contributed by atoms with Crippen LogP contribution in [0.25, 0.3) is 0 Å². The lowest BCUT2D eigenvalue weighted by Gasteiger charge is -2.43. The molecule has 1 saturated heterocycles. The van der Waals surface area contributed by atoms with E-state index >= 15 is 0 Å². The molecule has 6 heteroatoms. The summed E-state index contributed by atoms with van der Waals surface area (Å²) < 4.78 is 13.3. The topological polar surface area (TPSA) is 39.7 Å². The lowest BCUT2D eigenvalue weighted by Crippen LogP contribution is -2.57. The first-order chi connectivity index (χ1) is 12.2. The predicted molar refractivity (Wildman–Crippen MR) is 105 cm³/mol. The average Bonchev–Trinajstić information content (AvgIpc) is 3.13. The summed E-state index contributed by atoms with van der Waals surface area (Å²) in [6, 6.07) is 6.69. The number of benzene rings is 1. The van der Waals surface area contributed by atoms with Crippen LogP contribution in [-0.2, 0) is 6.54 Å². The van der Waals surface area contributed by atoms with E-state index in [1.165, 1.54) is 56.3 Å². The Balaban J connectivity index is 1.55. The molecule has 0 bridgehead atoms. The standard InChI is InChI=1S/C19H29FN4S/c1-21-18(22-14-16-5-4-6-17(20)13-16)23-15-19(7-2-3-8-19)24-9-11-25-12-10-24/h4-6,13H,2-3,7-12,14-15H2,1H3,(H2,21,22,23).